The quantitative estimate of drug-likeness (QED) is 0.862. The molecule has 5 heteroatoms. The van der Waals surface area contributed by atoms with Crippen LogP contribution in [-0.4, -0.2) is 9.97 Å². The van der Waals surface area contributed by atoms with Crippen molar-refractivity contribution in [3.63, 3.8) is 0 Å². The van der Waals surface area contributed by atoms with Gasteiger partial charge >= 0.3 is 0 Å². The van der Waals surface area contributed by atoms with E-state index in [2.05, 4.69) is 27.5 Å². The molecule has 0 spiro atoms. The number of thiophene rings is 1. The SMILES string of the molecule is Cc1c(N)nc(C2CC2)nc1Sc1cccs1. The van der Waals surface area contributed by atoms with E-state index in [1.165, 1.54) is 17.1 Å². The van der Waals surface area contributed by atoms with Crippen LogP contribution in [0.4, 0.5) is 5.82 Å². The molecule has 0 saturated heterocycles. The van der Waals surface area contributed by atoms with E-state index in [1.807, 2.05) is 6.92 Å². The van der Waals surface area contributed by atoms with E-state index in [0.717, 1.165) is 16.4 Å². The second-order valence-electron chi connectivity index (χ2n) is 4.21. The first kappa shape index (κ1) is 11.0. The fourth-order valence-corrected chi connectivity index (χ4v) is 3.35. The predicted molar refractivity (Wildman–Crippen MR) is 71.6 cm³/mol. The molecule has 0 radical (unpaired) electrons. The second kappa shape index (κ2) is 4.31. The Hall–Kier alpha value is -1.07. The van der Waals surface area contributed by atoms with Crippen LogP contribution in [0.3, 0.4) is 0 Å². The fraction of sp³-hybridized carbons (Fsp3) is 0.333. The van der Waals surface area contributed by atoms with Gasteiger partial charge in [0.05, 0.1) is 4.21 Å². The lowest BCUT2D eigenvalue weighted by Gasteiger charge is -2.08. The number of aromatic nitrogens is 2. The van der Waals surface area contributed by atoms with Crippen LogP contribution in [0, 0.1) is 6.92 Å². The highest BCUT2D eigenvalue weighted by atomic mass is 32.2. The highest BCUT2D eigenvalue weighted by Crippen LogP contribution is 2.40. The maximum Gasteiger partial charge on any atom is 0.135 e. The summed E-state index contributed by atoms with van der Waals surface area (Å²) in [6.45, 7) is 1.99. The number of nitrogen functional groups attached to an aromatic ring is 1. The molecule has 88 valence electrons. The number of nitrogens with zero attached hydrogens (tertiary/aromatic N) is 2. The molecule has 1 aliphatic rings. The third-order valence-electron chi connectivity index (χ3n) is 2.79. The van der Waals surface area contributed by atoms with Gasteiger partial charge in [-0.2, -0.15) is 0 Å². The molecule has 0 amide bonds. The maximum absolute atomic E-state index is 5.95. The Kier molecular flexibility index (Phi) is 2.80. The largest absolute Gasteiger partial charge is 0.383 e. The third kappa shape index (κ3) is 2.30. The number of hydrogen-bond acceptors (Lipinski definition) is 5. The normalized spacial score (nSPS) is 15.1. The van der Waals surface area contributed by atoms with Crippen LogP contribution in [0.15, 0.2) is 26.7 Å². The lowest BCUT2D eigenvalue weighted by Crippen LogP contribution is -2.03. The molecular weight excluding hydrogens is 250 g/mol. The average Bonchev–Trinajstić information content (AvgIpc) is 3.04. The summed E-state index contributed by atoms with van der Waals surface area (Å²) in [7, 11) is 0. The van der Waals surface area contributed by atoms with Gasteiger partial charge in [-0.1, -0.05) is 17.8 Å². The van der Waals surface area contributed by atoms with Gasteiger partial charge in [0.25, 0.3) is 0 Å². The molecule has 2 aromatic rings. The summed E-state index contributed by atoms with van der Waals surface area (Å²) in [6.07, 6.45) is 2.40. The molecular formula is C12H13N3S2. The Morgan fingerprint density at radius 3 is 2.88 bits per heavy atom. The number of rotatable bonds is 3. The Morgan fingerprint density at radius 1 is 1.41 bits per heavy atom. The Balaban J connectivity index is 1.96. The van der Waals surface area contributed by atoms with Gasteiger partial charge < -0.3 is 5.73 Å². The van der Waals surface area contributed by atoms with Crippen molar-refractivity contribution in [3.8, 4) is 0 Å². The lowest BCUT2D eigenvalue weighted by atomic mass is 10.3. The van der Waals surface area contributed by atoms with E-state index < -0.39 is 0 Å². The van der Waals surface area contributed by atoms with Gasteiger partial charge in [-0.3, -0.25) is 0 Å². The average molecular weight is 263 g/mol. The Labute approximate surface area is 108 Å². The first-order chi connectivity index (χ1) is 8.24. The maximum atomic E-state index is 5.95. The molecule has 2 aromatic heterocycles. The zero-order chi connectivity index (χ0) is 11.8. The summed E-state index contributed by atoms with van der Waals surface area (Å²) >= 11 is 3.41. The Bertz CT molecular complexity index is 533. The van der Waals surface area contributed by atoms with Crippen LogP contribution in [0.25, 0.3) is 0 Å². The van der Waals surface area contributed by atoms with Crippen molar-refractivity contribution in [2.45, 2.75) is 34.9 Å². The van der Waals surface area contributed by atoms with Gasteiger partial charge in [-0.05, 0) is 31.2 Å². The van der Waals surface area contributed by atoms with E-state index in [4.69, 9.17) is 5.73 Å². The monoisotopic (exact) mass is 263 g/mol. The van der Waals surface area contributed by atoms with Gasteiger partial charge in [0.1, 0.15) is 16.7 Å². The van der Waals surface area contributed by atoms with E-state index in [-0.39, 0.29) is 0 Å². The minimum absolute atomic E-state index is 0.542. The summed E-state index contributed by atoms with van der Waals surface area (Å²) in [6, 6.07) is 4.15. The molecule has 0 atom stereocenters. The number of hydrogen-bond donors (Lipinski definition) is 1. The summed E-state index contributed by atoms with van der Waals surface area (Å²) in [5.74, 6) is 2.09. The molecule has 1 fully saturated rings. The van der Waals surface area contributed by atoms with E-state index in [9.17, 15) is 0 Å². The van der Waals surface area contributed by atoms with Crippen LogP contribution in [0.2, 0.25) is 0 Å². The molecule has 0 aromatic carbocycles. The van der Waals surface area contributed by atoms with Crippen LogP contribution >= 0.6 is 23.1 Å². The minimum Gasteiger partial charge on any atom is -0.383 e. The summed E-state index contributed by atoms with van der Waals surface area (Å²) in [5.41, 5.74) is 6.95. The number of nitrogens with two attached hydrogens (primary N) is 1. The van der Waals surface area contributed by atoms with Gasteiger partial charge in [-0.15, -0.1) is 11.3 Å². The molecule has 3 rings (SSSR count). The molecule has 0 bridgehead atoms. The number of anilines is 1. The van der Waals surface area contributed by atoms with E-state index >= 15 is 0 Å². The van der Waals surface area contributed by atoms with Crippen LogP contribution in [-0.2, 0) is 0 Å². The van der Waals surface area contributed by atoms with Crippen LogP contribution in [0.5, 0.6) is 0 Å². The molecule has 0 unspecified atom stereocenters. The van der Waals surface area contributed by atoms with Gasteiger partial charge in [0.15, 0.2) is 0 Å². The zero-order valence-electron chi connectivity index (χ0n) is 9.51. The standard InChI is InChI=1S/C12H13N3S2/c1-7-10(13)14-11(8-4-5-8)15-12(7)17-9-3-2-6-16-9/h2-3,6,8H,4-5H2,1H3,(H2,13,14,15). The first-order valence-corrected chi connectivity index (χ1v) is 7.29. The molecule has 1 saturated carbocycles. The van der Waals surface area contributed by atoms with Crippen molar-refractivity contribution >= 4 is 28.9 Å². The second-order valence-corrected chi connectivity index (χ2v) is 6.44. The first-order valence-electron chi connectivity index (χ1n) is 5.59. The lowest BCUT2D eigenvalue weighted by molar-refractivity contribution is 0.869. The third-order valence-corrected chi connectivity index (χ3v) is 4.92. The minimum atomic E-state index is 0.542. The van der Waals surface area contributed by atoms with Crippen LogP contribution < -0.4 is 5.73 Å². The van der Waals surface area contributed by atoms with Gasteiger partial charge in [-0.25, -0.2) is 9.97 Å². The topological polar surface area (TPSA) is 51.8 Å². The predicted octanol–water partition coefficient (Wildman–Crippen LogP) is 3.46. The smallest absolute Gasteiger partial charge is 0.135 e. The molecule has 3 nitrogen and oxygen atoms in total. The van der Waals surface area contributed by atoms with E-state index in [1.54, 1.807) is 23.1 Å². The highest BCUT2D eigenvalue weighted by Gasteiger charge is 2.28. The molecule has 0 aliphatic heterocycles. The van der Waals surface area contributed by atoms with Gasteiger partial charge in [0.2, 0.25) is 0 Å². The Morgan fingerprint density at radius 2 is 2.24 bits per heavy atom. The van der Waals surface area contributed by atoms with Crippen molar-refractivity contribution in [3.05, 3.63) is 28.9 Å². The highest BCUT2D eigenvalue weighted by molar-refractivity contribution is 8.01. The summed E-state index contributed by atoms with van der Waals surface area (Å²) < 4.78 is 1.24. The zero-order valence-corrected chi connectivity index (χ0v) is 11.1. The molecule has 2 N–H and O–H groups in total. The summed E-state index contributed by atoms with van der Waals surface area (Å²) in [5, 5.41) is 3.08. The summed E-state index contributed by atoms with van der Waals surface area (Å²) in [4.78, 5) is 9.03. The van der Waals surface area contributed by atoms with Crippen molar-refractivity contribution in [1.82, 2.24) is 9.97 Å². The van der Waals surface area contributed by atoms with Crippen molar-refractivity contribution in [2.75, 3.05) is 5.73 Å². The van der Waals surface area contributed by atoms with Crippen molar-refractivity contribution < 1.29 is 0 Å². The van der Waals surface area contributed by atoms with Gasteiger partial charge in [0, 0.05) is 11.5 Å². The van der Waals surface area contributed by atoms with Crippen LogP contribution in [0.1, 0.15) is 30.1 Å². The molecule has 17 heavy (non-hydrogen) atoms. The fourth-order valence-electron chi connectivity index (χ4n) is 1.57. The van der Waals surface area contributed by atoms with Crippen molar-refractivity contribution in [2.24, 2.45) is 0 Å². The van der Waals surface area contributed by atoms with E-state index in [0.29, 0.717) is 11.7 Å². The molecule has 2 heterocycles. The van der Waals surface area contributed by atoms with Crippen molar-refractivity contribution in [1.29, 1.82) is 0 Å². The molecule has 1 aliphatic carbocycles.